The van der Waals surface area contributed by atoms with E-state index in [1.807, 2.05) is 60.7 Å². The summed E-state index contributed by atoms with van der Waals surface area (Å²) in [6.07, 6.45) is 0. The van der Waals surface area contributed by atoms with E-state index in [4.69, 9.17) is 20.1 Å². The van der Waals surface area contributed by atoms with Crippen LogP contribution in [0, 0.1) is 0 Å². The van der Waals surface area contributed by atoms with Crippen LogP contribution < -0.4 is 10.9 Å². The molecule has 0 aromatic heterocycles. The monoisotopic (exact) mass is 496 g/mol. The van der Waals surface area contributed by atoms with Crippen molar-refractivity contribution in [2.75, 3.05) is 0 Å². The first kappa shape index (κ1) is 25.5. The molecule has 0 amide bonds. The van der Waals surface area contributed by atoms with Crippen LogP contribution in [0.15, 0.2) is 133 Å². The van der Waals surface area contributed by atoms with Gasteiger partial charge in [-0.3, -0.25) is 0 Å². The molecule has 0 unspecified atom stereocenters. The van der Waals surface area contributed by atoms with Crippen LogP contribution >= 0.6 is 0 Å². The van der Waals surface area contributed by atoms with Crippen molar-refractivity contribution < 1.29 is 20.1 Å². The standard InChI is InChI=1S/2C16H13BO2/c2*18-17(19)14-10-8-13(9-11-14)16-7-3-5-12-4-1-2-6-15(12)16/h2*1-11,18-19H. The minimum absolute atomic E-state index is 0.504. The zero-order chi connectivity index (χ0) is 26.5. The smallest absolute Gasteiger partial charge is 0.423 e. The maximum atomic E-state index is 9.11. The Kier molecular flexibility index (Phi) is 7.68. The molecule has 0 saturated heterocycles. The Labute approximate surface area is 222 Å². The minimum Gasteiger partial charge on any atom is -0.423 e. The summed E-state index contributed by atoms with van der Waals surface area (Å²) in [6, 6.07) is 43.5. The van der Waals surface area contributed by atoms with Crippen LogP contribution in [0.5, 0.6) is 0 Å². The zero-order valence-electron chi connectivity index (χ0n) is 20.6. The average Bonchev–Trinajstić information content (AvgIpc) is 2.97. The van der Waals surface area contributed by atoms with Gasteiger partial charge in [-0.1, -0.05) is 133 Å². The summed E-state index contributed by atoms with van der Waals surface area (Å²) >= 11 is 0. The lowest BCUT2D eigenvalue weighted by molar-refractivity contribution is 0.424. The number of hydrogen-bond acceptors (Lipinski definition) is 4. The second-order valence-electron chi connectivity index (χ2n) is 9.04. The molecular formula is C32H26B2O4. The van der Waals surface area contributed by atoms with Gasteiger partial charge >= 0.3 is 14.2 Å². The molecule has 38 heavy (non-hydrogen) atoms. The van der Waals surface area contributed by atoms with Crippen molar-refractivity contribution in [3.05, 3.63) is 133 Å². The van der Waals surface area contributed by atoms with Crippen LogP contribution in [-0.2, 0) is 0 Å². The SMILES string of the molecule is OB(O)c1ccc(-c2cccc3ccccc23)cc1.OB(O)c1ccc(-c2cccc3ccccc23)cc1. The van der Waals surface area contributed by atoms with E-state index in [0.717, 1.165) is 22.3 Å². The van der Waals surface area contributed by atoms with Gasteiger partial charge in [-0.15, -0.1) is 0 Å². The number of hydrogen-bond donors (Lipinski definition) is 4. The van der Waals surface area contributed by atoms with Crippen molar-refractivity contribution in [2.45, 2.75) is 0 Å². The van der Waals surface area contributed by atoms with Crippen LogP contribution in [0.2, 0.25) is 0 Å². The molecule has 0 fully saturated rings. The third kappa shape index (κ3) is 5.54. The van der Waals surface area contributed by atoms with Gasteiger partial charge in [-0.2, -0.15) is 0 Å². The molecule has 6 heteroatoms. The first-order valence-corrected chi connectivity index (χ1v) is 12.4. The predicted octanol–water partition coefficient (Wildman–Crippen LogP) is 4.37. The molecule has 184 valence electrons. The maximum absolute atomic E-state index is 9.11. The van der Waals surface area contributed by atoms with Crippen LogP contribution in [0.3, 0.4) is 0 Å². The molecule has 4 N–H and O–H groups in total. The van der Waals surface area contributed by atoms with E-state index >= 15 is 0 Å². The highest BCUT2D eigenvalue weighted by Crippen LogP contribution is 2.29. The van der Waals surface area contributed by atoms with Crippen LogP contribution in [0.25, 0.3) is 43.8 Å². The van der Waals surface area contributed by atoms with Crippen molar-refractivity contribution in [1.29, 1.82) is 0 Å². The van der Waals surface area contributed by atoms with Crippen molar-refractivity contribution in [2.24, 2.45) is 0 Å². The second-order valence-corrected chi connectivity index (χ2v) is 9.04. The molecule has 0 bridgehead atoms. The maximum Gasteiger partial charge on any atom is 0.488 e. The van der Waals surface area contributed by atoms with Crippen molar-refractivity contribution in [3.8, 4) is 22.3 Å². The summed E-state index contributed by atoms with van der Waals surface area (Å²) in [4.78, 5) is 0. The molecule has 0 radical (unpaired) electrons. The normalized spacial score (nSPS) is 10.6. The molecule has 4 nitrogen and oxygen atoms in total. The van der Waals surface area contributed by atoms with E-state index < -0.39 is 14.2 Å². The highest BCUT2D eigenvalue weighted by Gasteiger charge is 2.12. The van der Waals surface area contributed by atoms with Gasteiger partial charge in [0.25, 0.3) is 0 Å². The molecule has 6 rings (SSSR count). The van der Waals surface area contributed by atoms with Gasteiger partial charge in [0.2, 0.25) is 0 Å². The van der Waals surface area contributed by atoms with E-state index in [9.17, 15) is 0 Å². The molecule has 0 spiro atoms. The molecule has 0 saturated carbocycles. The molecule has 0 aliphatic heterocycles. The van der Waals surface area contributed by atoms with Crippen LogP contribution in [0.1, 0.15) is 0 Å². The fourth-order valence-corrected chi connectivity index (χ4v) is 4.62. The van der Waals surface area contributed by atoms with Gasteiger partial charge in [-0.25, -0.2) is 0 Å². The summed E-state index contributed by atoms with van der Waals surface area (Å²) in [5.41, 5.74) is 5.45. The Morgan fingerprint density at radius 3 is 1.05 bits per heavy atom. The summed E-state index contributed by atoms with van der Waals surface area (Å²) in [7, 11) is -2.83. The highest BCUT2D eigenvalue weighted by molar-refractivity contribution is 6.59. The second kappa shape index (κ2) is 11.5. The first-order valence-electron chi connectivity index (χ1n) is 12.4. The van der Waals surface area contributed by atoms with Crippen molar-refractivity contribution in [3.63, 3.8) is 0 Å². The van der Waals surface area contributed by atoms with Crippen molar-refractivity contribution >= 4 is 46.7 Å². The molecule has 6 aromatic rings. The Bertz CT molecular complexity index is 1530. The van der Waals surface area contributed by atoms with Gasteiger partial charge in [0, 0.05) is 0 Å². The van der Waals surface area contributed by atoms with Crippen LogP contribution in [0.4, 0.5) is 0 Å². The third-order valence-electron chi connectivity index (χ3n) is 6.62. The zero-order valence-corrected chi connectivity index (χ0v) is 20.6. The van der Waals surface area contributed by atoms with Crippen LogP contribution in [-0.4, -0.2) is 34.3 Å². The Morgan fingerprint density at radius 2 is 0.684 bits per heavy atom. The molecular weight excluding hydrogens is 470 g/mol. The molecule has 0 heterocycles. The Balaban J connectivity index is 0.000000155. The van der Waals surface area contributed by atoms with Gasteiger partial charge in [0.15, 0.2) is 0 Å². The van der Waals surface area contributed by atoms with Gasteiger partial charge < -0.3 is 20.1 Å². The van der Waals surface area contributed by atoms with Gasteiger partial charge in [0.05, 0.1) is 0 Å². The van der Waals surface area contributed by atoms with E-state index in [2.05, 4.69) is 48.5 Å². The quantitative estimate of drug-likeness (QED) is 0.274. The highest BCUT2D eigenvalue weighted by atomic mass is 16.4. The van der Waals surface area contributed by atoms with E-state index in [1.54, 1.807) is 24.3 Å². The fraction of sp³-hybridized carbons (Fsp3) is 0. The Morgan fingerprint density at radius 1 is 0.342 bits per heavy atom. The molecule has 0 aliphatic carbocycles. The summed E-state index contributed by atoms with van der Waals surface area (Å²) < 4.78 is 0. The fourth-order valence-electron chi connectivity index (χ4n) is 4.62. The van der Waals surface area contributed by atoms with E-state index in [1.165, 1.54) is 21.5 Å². The molecule has 0 aliphatic rings. The summed E-state index contributed by atoms with van der Waals surface area (Å²) in [5, 5.41) is 41.2. The predicted molar refractivity (Wildman–Crippen MR) is 158 cm³/mol. The van der Waals surface area contributed by atoms with Gasteiger partial charge in [-0.05, 0) is 54.7 Å². The molecule has 6 aromatic carbocycles. The van der Waals surface area contributed by atoms with Crippen molar-refractivity contribution in [1.82, 2.24) is 0 Å². The number of benzene rings is 6. The number of fused-ring (bicyclic) bond motifs is 2. The number of rotatable bonds is 4. The minimum atomic E-state index is -1.42. The summed E-state index contributed by atoms with van der Waals surface area (Å²) in [5.74, 6) is 0. The summed E-state index contributed by atoms with van der Waals surface area (Å²) in [6.45, 7) is 0. The lowest BCUT2D eigenvalue weighted by Gasteiger charge is -2.07. The van der Waals surface area contributed by atoms with Gasteiger partial charge in [0.1, 0.15) is 0 Å². The first-order chi connectivity index (χ1) is 18.5. The van der Waals surface area contributed by atoms with E-state index in [0.29, 0.717) is 10.9 Å². The lowest BCUT2D eigenvalue weighted by Crippen LogP contribution is -2.29. The third-order valence-corrected chi connectivity index (χ3v) is 6.62. The topological polar surface area (TPSA) is 80.9 Å². The lowest BCUT2D eigenvalue weighted by atomic mass is 9.79. The average molecular weight is 496 g/mol. The largest absolute Gasteiger partial charge is 0.488 e. The Hall–Kier alpha value is -4.19. The van der Waals surface area contributed by atoms with E-state index in [-0.39, 0.29) is 0 Å². The molecule has 0 atom stereocenters.